The molecule has 0 aromatic rings. The Hall–Kier alpha value is -1.39. The third kappa shape index (κ3) is 3.81. The summed E-state index contributed by atoms with van der Waals surface area (Å²) in [5.74, 6) is 0.975. The van der Waals surface area contributed by atoms with Gasteiger partial charge in [-0.25, -0.2) is 4.79 Å². The summed E-state index contributed by atoms with van der Waals surface area (Å²) in [5, 5.41) is 0.726. The van der Waals surface area contributed by atoms with Gasteiger partial charge < -0.3 is 10.6 Å². The van der Waals surface area contributed by atoms with Crippen molar-refractivity contribution in [3.05, 3.63) is 0 Å². The molecule has 0 aromatic carbocycles. The minimum atomic E-state index is -4.72. The smallest absolute Gasteiger partial charge is 0.386 e. The van der Waals surface area contributed by atoms with Crippen molar-refractivity contribution in [2.75, 3.05) is 13.1 Å². The highest BCUT2D eigenvalue weighted by Crippen LogP contribution is 2.31. The molecule has 2 aliphatic heterocycles. The number of piperidine rings is 1. The molecular weight excluding hydrogens is 336 g/mol. The van der Waals surface area contributed by atoms with Crippen molar-refractivity contribution in [2.45, 2.75) is 57.0 Å². The number of nitrogens with zero attached hydrogens (tertiary/aromatic N) is 3. The summed E-state index contributed by atoms with van der Waals surface area (Å²) in [5.41, 5.74) is 6.11. The molecule has 0 aromatic heterocycles. The lowest BCUT2D eigenvalue weighted by Gasteiger charge is -2.30. The van der Waals surface area contributed by atoms with Crippen LogP contribution in [-0.4, -0.2) is 60.0 Å². The van der Waals surface area contributed by atoms with Crippen LogP contribution >= 0.6 is 0 Å². The minimum Gasteiger partial charge on any atom is -0.386 e. The van der Waals surface area contributed by atoms with Crippen LogP contribution in [0, 0.1) is 5.92 Å². The minimum absolute atomic E-state index is 0.318. The van der Waals surface area contributed by atoms with Crippen LogP contribution in [0.25, 0.3) is 0 Å². The number of nitrogens with two attached hydrogens (primary N) is 1. The van der Waals surface area contributed by atoms with Crippen molar-refractivity contribution in [3.8, 4) is 0 Å². The van der Waals surface area contributed by atoms with Crippen LogP contribution in [-0.2, 0) is 14.7 Å². The van der Waals surface area contributed by atoms with Gasteiger partial charge in [-0.15, -0.1) is 4.28 Å². The van der Waals surface area contributed by atoms with Crippen molar-refractivity contribution >= 4 is 22.3 Å². The van der Waals surface area contributed by atoms with E-state index in [0.29, 0.717) is 37.7 Å². The van der Waals surface area contributed by atoms with Crippen molar-refractivity contribution in [1.82, 2.24) is 9.96 Å². The van der Waals surface area contributed by atoms with Crippen LogP contribution in [0.3, 0.4) is 0 Å². The van der Waals surface area contributed by atoms with Gasteiger partial charge in [-0.1, -0.05) is 19.3 Å². The SMILES string of the molecule is NC(=NCC1CCCCC1)[C@@H]1CC[C@@H]2CN1C(=O)N2OS(=O)(=O)O. The highest BCUT2D eigenvalue weighted by molar-refractivity contribution is 7.80. The Kier molecular flexibility index (Phi) is 4.97. The van der Waals surface area contributed by atoms with Crippen LogP contribution in [0.5, 0.6) is 0 Å². The van der Waals surface area contributed by atoms with Gasteiger partial charge in [-0.05, 0) is 31.6 Å². The topological polar surface area (TPSA) is 126 Å². The molecule has 3 fully saturated rings. The standard InChI is InChI=1S/C14H24N4O5S/c15-13(16-8-10-4-2-1-3-5-10)12-7-6-11-9-17(12)14(19)18(11)23-24(20,21)22/h10-12H,1-9H2,(H2,15,16)(H,20,21,22)/t11-,12+/m1/s1. The van der Waals surface area contributed by atoms with Crippen LogP contribution in [0.4, 0.5) is 4.79 Å². The fourth-order valence-corrected chi connectivity index (χ4v) is 4.24. The van der Waals surface area contributed by atoms with Gasteiger partial charge in [-0.3, -0.25) is 9.55 Å². The van der Waals surface area contributed by atoms with Gasteiger partial charge in [0.05, 0.1) is 12.1 Å². The summed E-state index contributed by atoms with van der Waals surface area (Å²) in [7, 11) is -4.72. The first-order valence-electron chi connectivity index (χ1n) is 8.42. The van der Waals surface area contributed by atoms with Crippen molar-refractivity contribution < 1.29 is 22.0 Å². The molecule has 2 atom stereocenters. The molecule has 0 unspecified atom stereocenters. The molecule has 24 heavy (non-hydrogen) atoms. The fourth-order valence-electron chi connectivity index (χ4n) is 3.85. The molecule has 0 spiro atoms. The number of hydrogen-bond acceptors (Lipinski definition) is 5. The molecule has 9 nitrogen and oxygen atoms in total. The third-order valence-electron chi connectivity index (χ3n) is 5.10. The first-order valence-corrected chi connectivity index (χ1v) is 9.78. The molecule has 2 heterocycles. The molecular formula is C14H24N4O5S. The average molecular weight is 360 g/mol. The molecule has 2 amide bonds. The number of amidine groups is 1. The maximum Gasteiger partial charge on any atom is 0.418 e. The Morgan fingerprint density at radius 3 is 2.62 bits per heavy atom. The number of aliphatic imine (C=N–C) groups is 1. The van der Waals surface area contributed by atoms with Gasteiger partial charge in [0.2, 0.25) is 0 Å². The number of amides is 2. The van der Waals surface area contributed by atoms with Gasteiger partial charge in [0.1, 0.15) is 5.84 Å². The lowest BCUT2D eigenvalue weighted by molar-refractivity contribution is -0.0316. The monoisotopic (exact) mass is 360 g/mol. The van der Waals surface area contributed by atoms with E-state index in [4.69, 9.17) is 10.3 Å². The maximum absolute atomic E-state index is 12.3. The Balaban J connectivity index is 1.64. The predicted molar refractivity (Wildman–Crippen MR) is 86.4 cm³/mol. The Morgan fingerprint density at radius 2 is 1.96 bits per heavy atom. The zero-order chi connectivity index (χ0) is 17.3. The van der Waals surface area contributed by atoms with Gasteiger partial charge in [0, 0.05) is 13.1 Å². The molecule has 3 N–H and O–H groups in total. The molecule has 3 rings (SSSR count). The van der Waals surface area contributed by atoms with Gasteiger partial charge in [-0.2, -0.15) is 13.5 Å². The summed E-state index contributed by atoms with van der Waals surface area (Å²) in [4.78, 5) is 18.3. The number of rotatable bonds is 5. The number of hydroxylamine groups is 2. The fraction of sp³-hybridized carbons (Fsp3) is 0.857. The van der Waals surface area contributed by atoms with Crippen LogP contribution < -0.4 is 5.73 Å². The Labute approximate surface area is 141 Å². The molecule has 2 saturated heterocycles. The summed E-state index contributed by atoms with van der Waals surface area (Å²) < 4.78 is 35.0. The quantitative estimate of drug-likeness (QED) is 0.427. The second kappa shape index (κ2) is 6.85. The molecule has 0 radical (unpaired) electrons. The van der Waals surface area contributed by atoms with Crippen molar-refractivity contribution in [1.29, 1.82) is 0 Å². The summed E-state index contributed by atoms with van der Waals surface area (Å²) in [6.45, 7) is 0.998. The van der Waals surface area contributed by atoms with Crippen molar-refractivity contribution in [3.63, 3.8) is 0 Å². The lowest BCUT2D eigenvalue weighted by Crippen LogP contribution is -2.48. The van der Waals surface area contributed by atoms with E-state index < -0.39 is 22.5 Å². The largest absolute Gasteiger partial charge is 0.418 e. The summed E-state index contributed by atoms with van der Waals surface area (Å²) >= 11 is 0. The van der Waals surface area contributed by atoms with E-state index in [-0.39, 0.29) is 6.04 Å². The van der Waals surface area contributed by atoms with Crippen LogP contribution in [0.1, 0.15) is 44.9 Å². The number of carbonyl (C=O) groups is 1. The molecule has 136 valence electrons. The Bertz CT molecular complexity index is 617. The van der Waals surface area contributed by atoms with Crippen LogP contribution in [0.2, 0.25) is 0 Å². The van der Waals surface area contributed by atoms with E-state index in [1.54, 1.807) is 0 Å². The summed E-state index contributed by atoms with van der Waals surface area (Å²) in [6.07, 6.45) is 7.23. The zero-order valence-corrected chi connectivity index (χ0v) is 14.3. The highest BCUT2D eigenvalue weighted by Gasteiger charge is 2.48. The van der Waals surface area contributed by atoms with E-state index in [2.05, 4.69) is 9.28 Å². The lowest BCUT2D eigenvalue weighted by atomic mass is 9.89. The molecule has 10 heteroatoms. The van der Waals surface area contributed by atoms with Crippen molar-refractivity contribution in [2.24, 2.45) is 16.6 Å². The molecule has 1 aliphatic carbocycles. The van der Waals surface area contributed by atoms with E-state index >= 15 is 0 Å². The normalized spacial score (nSPS) is 29.4. The predicted octanol–water partition coefficient (Wildman–Crippen LogP) is 0.927. The first-order chi connectivity index (χ1) is 11.3. The number of fused-ring (bicyclic) bond motifs is 2. The Morgan fingerprint density at radius 1 is 1.25 bits per heavy atom. The first kappa shape index (κ1) is 17.4. The highest BCUT2D eigenvalue weighted by atomic mass is 32.3. The number of hydrogen-bond donors (Lipinski definition) is 2. The van der Waals surface area contributed by atoms with Gasteiger partial charge in [0.15, 0.2) is 0 Å². The second-order valence-corrected chi connectivity index (χ2v) is 7.78. The van der Waals surface area contributed by atoms with E-state index in [0.717, 1.165) is 5.06 Å². The van der Waals surface area contributed by atoms with E-state index in [1.807, 2.05) is 0 Å². The van der Waals surface area contributed by atoms with Gasteiger partial charge >= 0.3 is 16.4 Å². The molecule has 1 saturated carbocycles. The maximum atomic E-state index is 12.3. The summed E-state index contributed by atoms with van der Waals surface area (Å²) in [6, 6.07) is -1.34. The van der Waals surface area contributed by atoms with E-state index in [1.165, 1.54) is 37.0 Å². The average Bonchev–Trinajstić information content (AvgIpc) is 2.77. The number of urea groups is 1. The number of carbonyl (C=O) groups excluding carboxylic acids is 1. The molecule has 2 bridgehead atoms. The van der Waals surface area contributed by atoms with E-state index in [9.17, 15) is 13.2 Å². The second-order valence-electron chi connectivity index (χ2n) is 6.78. The third-order valence-corrected chi connectivity index (χ3v) is 5.44. The van der Waals surface area contributed by atoms with Gasteiger partial charge in [0.25, 0.3) is 0 Å². The van der Waals surface area contributed by atoms with Crippen LogP contribution in [0.15, 0.2) is 4.99 Å². The zero-order valence-electron chi connectivity index (χ0n) is 13.5. The molecule has 3 aliphatic rings.